The van der Waals surface area contributed by atoms with E-state index in [2.05, 4.69) is 28.5 Å². The van der Waals surface area contributed by atoms with Crippen LogP contribution in [-0.4, -0.2) is 48.6 Å². The Bertz CT molecular complexity index is 365. The number of hydrogen-bond donors (Lipinski definition) is 2. The lowest BCUT2D eigenvalue weighted by atomic mass is 9.92. The van der Waals surface area contributed by atoms with Crippen LogP contribution in [0.2, 0.25) is 0 Å². The first-order chi connectivity index (χ1) is 9.69. The summed E-state index contributed by atoms with van der Waals surface area (Å²) in [4.78, 5) is 14.5. The van der Waals surface area contributed by atoms with Crippen molar-refractivity contribution in [3.8, 4) is 6.07 Å². The molecular weight excluding hydrogens is 252 g/mol. The largest absolute Gasteiger partial charge is 0.337 e. The van der Waals surface area contributed by atoms with E-state index in [1.165, 1.54) is 12.8 Å². The highest BCUT2D eigenvalue weighted by molar-refractivity contribution is 5.79. The van der Waals surface area contributed by atoms with Crippen molar-refractivity contribution in [2.45, 2.75) is 57.0 Å². The predicted molar refractivity (Wildman–Crippen MR) is 78.1 cm³/mol. The quantitative estimate of drug-likeness (QED) is 0.737. The smallest absolute Gasteiger partial charge is 0.235 e. The summed E-state index contributed by atoms with van der Waals surface area (Å²) >= 11 is 0. The Morgan fingerprint density at radius 1 is 1.35 bits per heavy atom. The number of carbonyl (C=O) groups is 1. The van der Waals surface area contributed by atoms with Gasteiger partial charge in [0.2, 0.25) is 5.91 Å². The third-order valence-corrected chi connectivity index (χ3v) is 4.58. The number of nitrogens with one attached hydrogen (secondary N) is 2. The maximum atomic E-state index is 12.3. The van der Waals surface area contributed by atoms with Gasteiger partial charge in [0.25, 0.3) is 0 Å². The molecule has 2 fully saturated rings. The zero-order valence-electron chi connectivity index (χ0n) is 12.5. The second-order valence-corrected chi connectivity index (χ2v) is 6.03. The third-order valence-electron chi connectivity index (χ3n) is 4.58. The SMILES string of the molecule is CCN(CC(=O)NC1(C#N)CCCCCC1)C1CNC1. The fourth-order valence-electron chi connectivity index (χ4n) is 3.12. The molecule has 20 heavy (non-hydrogen) atoms. The van der Waals surface area contributed by atoms with E-state index in [0.29, 0.717) is 12.6 Å². The Morgan fingerprint density at radius 2 is 2.00 bits per heavy atom. The predicted octanol–water partition coefficient (Wildman–Crippen LogP) is 1.01. The van der Waals surface area contributed by atoms with Crippen molar-refractivity contribution in [2.24, 2.45) is 0 Å². The Hall–Kier alpha value is -1.12. The zero-order valence-corrected chi connectivity index (χ0v) is 12.5. The number of likely N-dealkylation sites (N-methyl/N-ethyl adjacent to an activating group) is 1. The Labute approximate surface area is 121 Å². The maximum Gasteiger partial charge on any atom is 0.235 e. The molecule has 2 aliphatic rings. The van der Waals surface area contributed by atoms with Crippen molar-refractivity contribution in [1.29, 1.82) is 5.26 Å². The van der Waals surface area contributed by atoms with Crippen molar-refractivity contribution in [3.63, 3.8) is 0 Å². The van der Waals surface area contributed by atoms with Crippen molar-refractivity contribution >= 4 is 5.91 Å². The highest BCUT2D eigenvalue weighted by Gasteiger charge is 2.33. The molecule has 0 atom stereocenters. The van der Waals surface area contributed by atoms with Gasteiger partial charge in [0, 0.05) is 19.1 Å². The molecule has 1 amide bonds. The molecule has 2 N–H and O–H groups in total. The molecule has 0 unspecified atom stereocenters. The standard InChI is InChI=1S/C15H26N4O/c1-2-19(13-9-17-10-13)11-14(20)18-15(12-16)7-5-3-4-6-8-15/h13,17H,2-11H2,1H3,(H,18,20). The summed E-state index contributed by atoms with van der Waals surface area (Å²) in [6, 6.07) is 2.84. The molecule has 0 aromatic rings. The molecule has 2 rings (SSSR count). The molecule has 0 radical (unpaired) electrons. The molecule has 1 heterocycles. The molecule has 0 aromatic heterocycles. The van der Waals surface area contributed by atoms with Crippen LogP contribution in [0.15, 0.2) is 0 Å². The van der Waals surface area contributed by atoms with Gasteiger partial charge in [0.05, 0.1) is 12.6 Å². The molecular formula is C15H26N4O. The highest BCUT2D eigenvalue weighted by atomic mass is 16.2. The minimum Gasteiger partial charge on any atom is -0.337 e. The summed E-state index contributed by atoms with van der Waals surface area (Å²) in [5.74, 6) is 0.00204. The van der Waals surface area contributed by atoms with E-state index < -0.39 is 5.54 Å². The highest BCUT2D eigenvalue weighted by Crippen LogP contribution is 2.26. The minimum atomic E-state index is -0.620. The summed E-state index contributed by atoms with van der Waals surface area (Å²) in [5, 5.41) is 15.7. The van der Waals surface area contributed by atoms with Crippen LogP contribution in [-0.2, 0) is 4.79 Å². The lowest BCUT2D eigenvalue weighted by Gasteiger charge is -2.37. The Kier molecular flexibility index (Phi) is 5.38. The Morgan fingerprint density at radius 3 is 2.45 bits per heavy atom. The second-order valence-electron chi connectivity index (χ2n) is 6.03. The summed E-state index contributed by atoms with van der Waals surface area (Å²) in [6.07, 6.45) is 6.02. The molecule has 1 aliphatic heterocycles. The van der Waals surface area contributed by atoms with Gasteiger partial charge in [-0.2, -0.15) is 5.26 Å². The first kappa shape index (κ1) is 15.3. The first-order valence-corrected chi connectivity index (χ1v) is 7.86. The van der Waals surface area contributed by atoms with Crippen LogP contribution in [0.25, 0.3) is 0 Å². The fourth-order valence-corrected chi connectivity index (χ4v) is 3.12. The van der Waals surface area contributed by atoms with Crippen LogP contribution in [0, 0.1) is 11.3 Å². The summed E-state index contributed by atoms with van der Waals surface area (Å²) < 4.78 is 0. The van der Waals surface area contributed by atoms with Gasteiger partial charge in [-0.15, -0.1) is 0 Å². The maximum absolute atomic E-state index is 12.3. The number of nitrogens with zero attached hydrogens (tertiary/aromatic N) is 2. The molecule has 5 nitrogen and oxygen atoms in total. The molecule has 112 valence electrons. The van der Waals surface area contributed by atoms with Crippen LogP contribution in [0.3, 0.4) is 0 Å². The number of rotatable bonds is 5. The summed E-state index contributed by atoms with van der Waals surface area (Å²) in [5.41, 5.74) is -0.620. The van der Waals surface area contributed by atoms with Crippen LogP contribution in [0.4, 0.5) is 0 Å². The molecule has 0 aromatic carbocycles. The zero-order chi connectivity index (χ0) is 14.4. The molecule has 1 aliphatic carbocycles. The lowest BCUT2D eigenvalue weighted by Crippen LogP contribution is -2.60. The Balaban J connectivity index is 1.89. The lowest BCUT2D eigenvalue weighted by molar-refractivity contribution is -0.124. The fraction of sp³-hybridized carbons (Fsp3) is 0.867. The normalized spacial score (nSPS) is 22.6. The molecule has 0 bridgehead atoms. The van der Waals surface area contributed by atoms with Gasteiger partial charge >= 0.3 is 0 Å². The van der Waals surface area contributed by atoms with Crippen molar-refractivity contribution < 1.29 is 4.79 Å². The van der Waals surface area contributed by atoms with Crippen molar-refractivity contribution in [3.05, 3.63) is 0 Å². The van der Waals surface area contributed by atoms with Crippen LogP contribution in [0.5, 0.6) is 0 Å². The van der Waals surface area contributed by atoms with E-state index in [0.717, 1.165) is 45.3 Å². The summed E-state index contributed by atoms with van der Waals surface area (Å²) in [7, 11) is 0. The van der Waals surface area contributed by atoms with Crippen LogP contribution in [0.1, 0.15) is 45.4 Å². The van der Waals surface area contributed by atoms with Gasteiger partial charge < -0.3 is 10.6 Å². The first-order valence-electron chi connectivity index (χ1n) is 7.86. The molecule has 1 saturated carbocycles. The number of amides is 1. The number of hydrogen-bond acceptors (Lipinski definition) is 4. The average Bonchev–Trinajstić information content (AvgIpc) is 2.62. The second kappa shape index (κ2) is 7.05. The monoisotopic (exact) mass is 278 g/mol. The third kappa shape index (κ3) is 3.71. The van der Waals surface area contributed by atoms with Gasteiger partial charge in [-0.3, -0.25) is 9.69 Å². The van der Waals surface area contributed by atoms with Gasteiger partial charge in [-0.05, 0) is 19.4 Å². The molecule has 5 heteroatoms. The van der Waals surface area contributed by atoms with E-state index in [1.807, 2.05) is 0 Å². The van der Waals surface area contributed by atoms with Crippen LogP contribution < -0.4 is 10.6 Å². The van der Waals surface area contributed by atoms with E-state index in [9.17, 15) is 10.1 Å². The molecule has 0 spiro atoms. The summed E-state index contributed by atoms with van der Waals surface area (Å²) in [6.45, 7) is 5.29. The topological polar surface area (TPSA) is 68.2 Å². The van der Waals surface area contributed by atoms with Gasteiger partial charge in [0.15, 0.2) is 0 Å². The van der Waals surface area contributed by atoms with E-state index >= 15 is 0 Å². The van der Waals surface area contributed by atoms with Gasteiger partial charge in [0.1, 0.15) is 5.54 Å². The van der Waals surface area contributed by atoms with E-state index in [-0.39, 0.29) is 5.91 Å². The number of carbonyl (C=O) groups excluding carboxylic acids is 1. The van der Waals surface area contributed by atoms with Crippen molar-refractivity contribution in [2.75, 3.05) is 26.2 Å². The van der Waals surface area contributed by atoms with Crippen LogP contribution >= 0.6 is 0 Å². The van der Waals surface area contributed by atoms with Gasteiger partial charge in [-0.25, -0.2) is 0 Å². The van der Waals surface area contributed by atoms with Crippen molar-refractivity contribution in [1.82, 2.24) is 15.5 Å². The minimum absolute atomic E-state index is 0.00204. The van der Waals surface area contributed by atoms with E-state index in [4.69, 9.17) is 0 Å². The van der Waals surface area contributed by atoms with Gasteiger partial charge in [-0.1, -0.05) is 32.6 Å². The van der Waals surface area contributed by atoms with E-state index in [1.54, 1.807) is 0 Å². The molecule has 1 saturated heterocycles. The number of nitriles is 1. The average molecular weight is 278 g/mol.